The lowest BCUT2D eigenvalue weighted by atomic mass is 10.00. The number of benzene rings is 2. The minimum absolute atomic E-state index is 0.146. The van der Waals surface area contributed by atoms with Crippen LogP contribution in [0, 0.1) is 5.82 Å². The Kier molecular flexibility index (Phi) is 4.60. The second kappa shape index (κ2) is 6.83. The predicted octanol–water partition coefficient (Wildman–Crippen LogP) is 3.77. The summed E-state index contributed by atoms with van der Waals surface area (Å²) in [5.41, 5.74) is 3.05. The van der Waals surface area contributed by atoms with Crippen molar-refractivity contribution in [3.8, 4) is 0 Å². The molecular formula is C19H19FN2O2. The maximum Gasteiger partial charge on any atom is 0.255 e. The largest absolute Gasteiger partial charge is 0.322 e. The van der Waals surface area contributed by atoms with Crippen molar-refractivity contribution in [2.45, 2.75) is 26.2 Å². The minimum Gasteiger partial charge on any atom is -0.322 e. The van der Waals surface area contributed by atoms with Gasteiger partial charge >= 0.3 is 0 Å². The summed E-state index contributed by atoms with van der Waals surface area (Å²) in [4.78, 5) is 26.1. The molecule has 0 unspecified atom stereocenters. The van der Waals surface area contributed by atoms with E-state index in [1.165, 1.54) is 24.3 Å². The first-order valence-corrected chi connectivity index (χ1v) is 8.08. The Morgan fingerprint density at radius 2 is 1.92 bits per heavy atom. The first-order valence-electron chi connectivity index (χ1n) is 8.08. The van der Waals surface area contributed by atoms with E-state index < -0.39 is 0 Å². The minimum atomic E-state index is -0.374. The predicted molar refractivity (Wildman–Crippen MR) is 91.8 cm³/mol. The lowest BCUT2D eigenvalue weighted by Gasteiger charge is -2.29. The molecule has 2 aromatic rings. The molecule has 1 heterocycles. The molecule has 4 nitrogen and oxygen atoms in total. The quantitative estimate of drug-likeness (QED) is 0.930. The molecule has 0 saturated heterocycles. The van der Waals surface area contributed by atoms with Gasteiger partial charge in [-0.1, -0.05) is 6.92 Å². The van der Waals surface area contributed by atoms with Crippen LogP contribution in [0.25, 0.3) is 0 Å². The number of nitrogens with zero attached hydrogens (tertiary/aromatic N) is 1. The van der Waals surface area contributed by atoms with Gasteiger partial charge in [-0.15, -0.1) is 0 Å². The van der Waals surface area contributed by atoms with E-state index in [0.29, 0.717) is 30.6 Å². The van der Waals surface area contributed by atoms with E-state index in [9.17, 15) is 14.0 Å². The number of rotatable bonds is 4. The molecule has 0 saturated carbocycles. The molecule has 0 atom stereocenters. The van der Waals surface area contributed by atoms with Crippen molar-refractivity contribution >= 4 is 23.2 Å². The molecule has 24 heavy (non-hydrogen) atoms. The lowest BCUT2D eigenvalue weighted by Crippen LogP contribution is -2.35. The molecule has 3 rings (SSSR count). The zero-order valence-corrected chi connectivity index (χ0v) is 13.5. The van der Waals surface area contributed by atoms with Crippen molar-refractivity contribution in [1.29, 1.82) is 0 Å². The third-order valence-electron chi connectivity index (χ3n) is 4.09. The number of fused-ring (bicyclic) bond motifs is 1. The maximum absolute atomic E-state index is 12.9. The van der Waals surface area contributed by atoms with Gasteiger partial charge in [0.15, 0.2) is 0 Å². The first-order chi connectivity index (χ1) is 11.6. The summed E-state index contributed by atoms with van der Waals surface area (Å²) in [6, 6.07) is 11.0. The number of nitrogens with one attached hydrogen (secondary N) is 1. The van der Waals surface area contributed by atoms with E-state index in [1.54, 1.807) is 6.07 Å². The van der Waals surface area contributed by atoms with E-state index >= 15 is 0 Å². The fraction of sp³-hybridized carbons (Fsp3) is 0.263. The van der Waals surface area contributed by atoms with Crippen molar-refractivity contribution in [2.75, 3.05) is 16.8 Å². The van der Waals surface area contributed by atoms with Gasteiger partial charge in [-0.25, -0.2) is 4.39 Å². The Morgan fingerprint density at radius 3 is 2.62 bits per heavy atom. The van der Waals surface area contributed by atoms with Crippen LogP contribution in [0.3, 0.4) is 0 Å². The van der Waals surface area contributed by atoms with Crippen molar-refractivity contribution in [3.63, 3.8) is 0 Å². The van der Waals surface area contributed by atoms with Gasteiger partial charge in [0.25, 0.3) is 5.91 Å². The van der Waals surface area contributed by atoms with Gasteiger partial charge in [-0.05, 0) is 60.9 Å². The highest BCUT2D eigenvalue weighted by atomic mass is 19.1. The van der Waals surface area contributed by atoms with Crippen LogP contribution in [0.4, 0.5) is 15.8 Å². The van der Waals surface area contributed by atoms with Gasteiger partial charge in [0.1, 0.15) is 5.82 Å². The van der Waals surface area contributed by atoms with Crippen molar-refractivity contribution < 1.29 is 14.0 Å². The smallest absolute Gasteiger partial charge is 0.255 e. The Labute approximate surface area is 140 Å². The second-order valence-corrected chi connectivity index (χ2v) is 5.85. The monoisotopic (exact) mass is 326 g/mol. The van der Waals surface area contributed by atoms with Gasteiger partial charge < -0.3 is 10.2 Å². The summed E-state index contributed by atoms with van der Waals surface area (Å²) in [5, 5.41) is 2.82. The summed E-state index contributed by atoms with van der Waals surface area (Å²) < 4.78 is 12.9. The Bertz CT molecular complexity index is 771. The third kappa shape index (κ3) is 3.30. The number of aryl methyl sites for hydroxylation is 1. The van der Waals surface area contributed by atoms with Crippen LogP contribution in [-0.4, -0.2) is 18.4 Å². The van der Waals surface area contributed by atoms with E-state index in [2.05, 4.69) is 5.32 Å². The fourth-order valence-electron chi connectivity index (χ4n) is 2.91. The molecule has 5 heteroatoms. The normalized spacial score (nSPS) is 13.6. The average molecular weight is 326 g/mol. The molecule has 2 aromatic carbocycles. The third-order valence-corrected chi connectivity index (χ3v) is 4.09. The Hall–Kier alpha value is -2.69. The SMILES string of the molecule is CCCN1C(=O)CCc2cc(NC(=O)c3ccc(F)cc3)ccc21. The number of anilines is 2. The molecule has 0 radical (unpaired) electrons. The van der Waals surface area contributed by atoms with Crippen LogP contribution in [0.15, 0.2) is 42.5 Å². The molecule has 124 valence electrons. The molecule has 0 aliphatic carbocycles. The lowest BCUT2D eigenvalue weighted by molar-refractivity contribution is -0.118. The Morgan fingerprint density at radius 1 is 1.17 bits per heavy atom. The number of halogens is 1. The van der Waals surface area contributed by atoms with Crippen LogP contribution >= 0.6 is 0 Å². The van der Waals surface area contributed by atoms with Crippen LogP contribution in [0.5, 0.6) is 0 Å². The molecular weight excluding hydrogens is 307 g/mol. The molecule has 0 fully saturated rings. The van der Waals surface area contributed by atoms with E-state index in [-0.39, 0.29) is 17.6 Å². The Balaban J connectivity index is 1.80. The van der Waals surface area contributed by atoms with Gasteiger partial charge in [0, 0.05) is 29.9 Å². The zero-order chi connectivity index (χ0) is 17.1. The van der Waals surface area contributed by atoms with Crippen LogP contribution in [-0.2, 0) is 11.2 Å². The topological polar surface area (TPSA) is 49.4 Å². The van der Waals surface area contributed by atoms with Gasteiger partial charge in [0.05, 0.1) is 0 Å². The first kappa shape index (κ1) is 16.2. The number of hydrogen-bond acceptors (Lipinski definition) is 2. The van der Waals surface area contributed by atoms with Crippen LogP contribution in [0.1, 0.15) is 35.7 Å². The summed E-state index contributed by atoms with van der Waals surface area (Å²) >= 11 is 0. The highest BCUT2D eigenvalue weighted by molar-refractivity contribution is 6.04. The van der Waals surface area contributed by atoms with E-state index in [4.69, 9.17) is 0 Å². The van der Waals surface area contributed by atoms with E-state index in [0.717, 1.165) is 17.7 Å². The average Bonchev–Trinajstić information content (AvgIpc) is 2.58. The highest BCUT2D eigenvalue weighted by Gasteiger charge is 2.23. The van der Waals surface area contributed by atoms with Gasteiger partial charge in [0.2, 0.25) is 5.91 Å². The molecule has 0 aromatic heterocycles. The molecule has 1 aliphatic rings. The maximum atomic E-state index is 12.9. The summed E-state index contributed by atoms with van der Waals surface area (Å²) in [6.45, 7) is 2.74. The summed E-state index contributed by atoms with van der Waals surface area (Å²) in [5.74, 6) is -0.513. The van der Waals surface area contributed by atoms with Crippen LogP contribution in [0.2, 0.25) is 0 Å². The summed E-state index contributed by atoms with van der Waals surface area (Å²) in [6.07, 6.45) is 2.06. The standard InChI is InChI=1S/C19H19FN2O2/c1-2-11-22-17-9-8-16(12-14(17)5-10-18(22)23)21-19(24)13-3-6-15(20)7-4-13/h3-4,6-9,12H,2,5,10-11H2,1H3,(H,21,24). The number of carbonyl (C=O) groups excluding carboxylic acids is 2. The van der Waals surface area contributed by atoms with E-state index in [1.807, 2.05) is 24.0 Å². The van der Waals surface area contributed by atoms with Crippen LogP contribution < -0.4 is 10.2 Å². The molecule has 1 N–H and O–H groups in total. The number of carbonyl (C=O) groups is 2. The molecule has 2 amide bonds. The molecule has 1 aliphatic heterocycles. The molecule has 0 spiro atoms. The number of hydrogen-bond donors (Lipinski definition) is 1. The summed E-state index contributed by atoms with van der Waals surface area (Å²) in [7, 11) is 0. The molecule has 0 bridgehead atoms. The second-order valence-electron chi connectivity index (χ2n) is 5.85. The van der Waals surface area contributed by atoms with Crippen molar-refractivity contribution in [3.05, 3.63) is 59.4 Å². The zero-order valence-electron chi connectivity index (χ0n) is 13.5. The van der Waals surface area contributed by atoms with Crippen molar-refractivity contribution in [2.24, 2.45) is 0 Å². The van der Waals surface area contributed by atoms with Gasteiger partial charge in [-0.3, -0.25) is 9.59 Å². The highest BCUT2D eigenvalue weighted by Crippen LogP contribution is 2.30. The number of amides is 2. The van der Waals surface area contributed by atoms with Gasteiger partial charge in [-0.2, -0.15) is 0 Å². The van der Waals surface area contributed by atoms with Crippen molar-refractivity contribution in [1.82, 2.24) is 0 Å². The fourth-order valence-corrected chi connectivity index (χ4v) is 2.91.